The molecule has 2 rings (SSSR count). The summed E-state index contributed by atoms with van der Waals surface area (Å²) in [6, 6.07) is 3.40. The average molecular weight is 448 g/mol. The highest BCUT2D eigenvalue weighted by Crippen LogP contribution is 2.32. The number of aromatic amines is 1. The molecule has 6 nitrogen and oxygen atoms in total. The van der Waals surface area contributed by atoms with Gasteiger partial charge in [-0.25, -0.2) is 0 Å². The molecule has 0 aliphatic heterocycles. The Balaban J connectivity index is 2.34. The van der Waals surface area contributed by atoms with Crippen molar-refractivity contribution >= 4 is 48.7 Å². The van der Waals surface area contributed by atoms with Crippen molar-refractivity contribution in [2.75, 3.05) is 27.2 Å². The van der Waals surface area contributed by atoms with Crippen molar-refractivity contribution in [1.82, 2.24) is 10.3 Å². The van der Waals surface area contributed by atoms with Crippen LogP contribution in [-0.4, -0.2) is 43.2 Å². The second-order valence-corrected chi connectivity index (χ2v) is 7.32. The molecule has 0 spiro atoms. The van der Waals surface area contributed by atoms with Crippen molar-refractivity contribution in [2.24, 2.45) is 0 Å². The number of amides is 1. The minimum atomic E-state index is -0.617. The number of benzene rings is 1. The van der Waals surface area contributed by atoms with E-state index in [1.54, 1.807) is 12.1 Å². The van der Waals surface area contributed by atoms with E-state index in [-0.39, 0.29) is 11.3 Å². The summed E-state index contributed by atoms with van der Waals surface area (Å²) in [6.45, 7) is 1.35. The summed E-state index contributed by atoms with van der Waals surface area (Å²) in [5.41, 5.74) is -0.433. The van der Waals surface area contributed by atoms with Gasteiger partial charge in [-0.3, -0.25) is 9.59 Å². The Morgan fingerprint density at radius 1 is 1.35 bits per heavy atom. The van der Waals surface area contributed by atoms with Crippen LogP contribution in [0, 0.1) is 0 Å². The zero-order chi connectivity index (χ0) is 17.1. The highest BCUT2D eigenvalue weighted by atomic mass is 79.9. The van der Waals surface area contributed by atoms with Crippen LogP contribution in [0.3, 0.4) is 0 Å². The lowest BCUT2D eigenvalue weighted by atomic mass is 10.1. The van der Waals surface area contributed by atoms with Crippen molar-refractivity contribution in [1.29, 1.82) is 0 Å². The molecule has 0 radical (unpaired) electrons. The quantitative estimate of drug-likeness (QED) is 0.516. The number of rotatable bonds is 5. The molecular weight excluding hydrogens is 430 g/mol. The molecule has 124 valence electrons. The number of halogens is 2. The molecule has 8 heteroatoms. The van der Waals surface area contributed by atoms with Crippen LogP contribution in [0.5, 0.6) is 5.75 Å². The molecule has 1 aromatic carbocycles. The van der Waals surface area contributed by atoms with E-state index in [0.29, 0.717) is 21.9 Å². The smallest absolute Gasteiger partial charge is 0.265 e. The summed E-state index contributed by atoms with van der Waals surface area (Å²) in [7, 11) is 4.05. The van der Waals surface area contributed by atoms with Crippen LogP contribution in [0.15, 0.2) is 25.9 Å². The first-order valence-electron chi connectivity index (χ1n) is 7.12. The molecule has 1 heterocycles. The Labute approximate surface area is 150 Å². The van der Waals surface area contributed by atoms with Gasteiger partial charge in [0.15, 0.2) is 0 Å². The van der Waals surface area contributed by atoms with Gasteiger partial charge in [-0.2, -0.15) is 0 Å². The standard InChI is InChI=1S/C15H17Br2N3O3/c1-20(2)5-3-4-18-14(22)11-13(21)9-6-8(16)7-10(17)12(9)19-15(11)23/h6-7H,3-5H2,1-2H3,(H,18,22)(H2,19,21,23)/p+1. The minimum Gasteiger partial charge on any atom is -0.506 e. The Kier molecular flexibility index (Phi) is 5.83. The monoisotopic (exact) mass is 446 g/mol. The third kappa shape index (κ3) is 4.13. The lowest BCUT2D eigenvalue weighted by molar-refractivity contribution is -0.858. The summed E-state index contributed by atoms with van der Waals surface area (Å²) < 4.78 is 1.34. The molecule has 0 atom stereocenters. The molecule has 23 heavy (non-hydrogen) atoms. The SMILES string of the molecule is C[NH+](C)CCCNC(=O)c1c(O)c2cc(Br)cc(Br)c2[nH]c1=O. The van der Waals surface area contributed by atoms with Gasteiger partial charge in [-0.15, -0.1) is 0 Å². The van der Waals surface area contributed by atoms with E-state index in [1.165, 1.54) is 4.90 Å². The van der Waals surface area contributed by atoms with Crippen molar-refractivity contribution < 1.29 is 14.8 Å². The molecular formula is C15H18Br2N3O3+. The largest absolute Gasteiger partial charge is 0.506 e. The number of hydrogen-bond donors (Lipinski definition) is 4. The number of aromatic nitrogens is 1. The van der Waals surface area contributed by atoms with Crippen molar-refractivity contribution in [3.05, 3.63) is 37.0 Å². The number of pyridine rings is 1. The van der Waals surface area contributed by atoms with Gasteiger partial charge in [0, 0.05) is 27.3 Å². The van der Waals surface area contributed by atoms with Gasteiger partial charge in [-0.05, 0) is 28.1 Å². The molecule has 1 aromatic heterocycles. The first kappa shape index (κ1) is 18.0. The van der Waals surface area contributed by atoms with E-state index in [9.17, 15) is 14.7 Å². The zero-order valence-corrected chi connectivity index (χ0v) is 16.0. The lowest BCUT2D eigenvalue weighted by Crippen LogP contribution is -3.05. The summed E-state index contributed by atoms with van der Waals surface area (Å²) in [6.07, 6.45) is 0.789. The Morgan fingerprint density at radius 2 is 2.04 bits per heavy atom. The third-order valence-electron chi connectivity index (χ3n) is 3.38. The Hall–Kier alpha value is -1.38. The number of aromatic hydroxyl groups is 1. The van der Waals surface area contributed by atoms with Crippen LogP contribution in [0.4, 0.5) is 0 Å². The number of H-pyrrole nitrogens is 1. The molecule has 0 aliphatic carbocycles. The van der Waals surface area contributed by atoms with Crippen LogP contribution in [0.2, 0.25) is 0 Å². The Bertz CT molecular complexity index is 803. The Morgan fingerprint density at radius 3 is 2.70 bits per heavy atom. The fourth-order valence-corrected chi connectivity index (χ4v) is 3.57. The fourth-order valence-electron chi connectivity index (χ4n) is 2.25. The van der Waals surface area contributed by atoms with Gasteiger partial charge in [-0.1, -0.05) is 15.9 Å². The maximum absolute atomic E-state index is 12.2. The van der Waals surface area contributed by atoms with Gasteiger partial charge >= 0.3 is 0 Å². The highest BCUT2D eigenvalue weighted by molar-refractivity contribution is 9.11. The summed E-state index contributed by atoms with van der Waals surface area (Å²) >= 11 is 6.65. The molecule has 1 amide bonds. The van der Waals surface area contributed by atoms with E-state index >= 15 is 0 Å². The van der Waals surface area contributed by atoms with Crippen LogP contribution >= 0.6 is 31.9 Å². The predicted octanol–water partition coefficient (Wildman–Crippen LogP) is 1.02. The van der Waals surface area contributed by atoms with Crippen molar-refractivity contribution in [2.45, 2.75) is 6.42 Å². The molecule has 0 unspecified atom stereocenters. The van der Waals surface area contributed by atoms with E-state index in [4.69, 9.17) is 0 Å². The van der Waals surface area contributed by atoms with E-state index in [0.717, 1.165) is 17.4 Å². The number of hydrogen-bond acceptors (Lipinski definition) is 3. The molecule has 0 aliphatic rings. The lowest BCUT2D eigenvalue weighted by Gasteiger charge is -2.10. The number of fused-ring (bicyclic) bond motifs is 1. The van der Waals surface area contributed by atoms with Gasteiger partial charge in [0.25, 0.3) is 11.5 Å². The molecule has 0 fully saturated rings. The zero-order valence-electron chi connectivity index (χ0n) is 12.8. The number of carbonyl (C=O) groups excluding carboxylic acids is 1. The molecule has 2 aromatic rings. The number of nitrogens with one attached hydrogen (secondary N) is 3. The van der Waals surface area contributed by atoms with Gasteiger partial charge in [0.05, 0.1) is 26.2 Å². The molecule has 0 saturated heterocycles. The molecule has 4 N–H and O–H groups in total. The highest BCUT2D eigenvalue weighted by Gasteiger charge is 2.20. The summed E-state index contributed by atoms with van der Waals surface area (Å²) in [4.78, 5) is 28.3. The second kappa shape index (κ2) is 7.46. The molecule has 0 saturated carbocycles. The van der Waals surface area contributed by atoms with Crippen LogP contribution < -0.4 is 15.8 Å². The summed E-state index contributed by atoms with van der Waals surface area (Å²) in [5.74, 6) is -0.892. The molecule has 0 bridgehead atoms. The second-order valence-electron chi connectivity index (χ2n) is 5.55. The topological polar surface area (TPSA) is 86.6 Å². The van der Waals surface area contributed by atoms with Crippen LogP contribution in [0.25, 0.3) is 10.9 Å². The first-order chi connectivity index (χ1) is 10.8. The predicted molar refractivity (Wildman–Crippen MR) is 96.3 cm³/mol. The van der Waals surface area contributed by atoms with E-state index in [1.807, 2.05) is 14.1 Å². The average Bonchev–Trinajstić information content (AvgIpc) is 2.45. The van der Waals surface area contributed by atoms with Crippen LogP contribution in [-0.2, 0) is 0 Å². The number of quaternary nitrogens is 1. The maximum atomic E-state index is 12.2. The minimum absolute atomic E-state index is 0.264. The normalized spacial score (nSPS) is 11.2. The fraction of sp³-hybridized carbons (Fsp3) is 0.333. The van der Waals surface area contributed by atoms with Gasteiger partial charge in [0.2, 0.25) is 0 Å². The van der Waals surface area contributed by atoms with E-state index < -0.39 is 11.5 Å². The van der Waals surface area contributed by atoms with E-state index in [2.05, 4.69) is 42.2 Å². The van der Waals surface area contributed by atoms with Crippen LogP contribution in [0.1, 0.15) is 16.8 Å². The number of carbonyl (C=O) groups is 1. The van der Waals surface area contributed by atoms with Gasteiger partial charge < -0.3 is 20.3 Å². The van der Waals surface area contributed by atoms with Gasteiger partial charge in [0.1, 0.15) is 11.3 Å². The van der Waals surface area contributed by atoms with Crippen molar-refractivity contribution in [3.8, 4) is 5.75 Å². The first-order valence-corrected chi connectivity index (χ1v) is 8.71. The van der Waals surface area contributed by atoms with Crippen molar-refractivity contribution in [3.63, 3.8) is 0 Å². The maximum Gasteiger partial charge on any atom is 0.265 e. The third-order valence-corrected chi connectivity index (χ3v) is 4.46. The summed E-state index contributed by atoms with van der Waals surface area (Å²) in [5, 5.41) is 13.4.